The van der Waals surface area contributed by atoms with E-state index in [1.54, 1.807) is 30.3 Å². The summed E-state index contributed by atoms with van der Waals surface area (Å²) in [5, 5.41) is 14.4. The van der Waals surface area contributed by atoms with Crippen LogP contribution < -0.4 is 27.0 Å². The number of primary amides is 1. The van der Waals surface area contributed by atoms with Crippen LogP contribution in [0.1, 0.15) is 79.4 Å². The van der Waals surface area contributed by atoms with Crippen LogP contribution in [0, 0.1) is 0 Å². The first kappa shape index (κ1) is 47.0. The first-order chi connectivity index (χ1) is 32.7. The zero-order valence-corrected chi connectivity index (χ0v) is 36.3. The number of piperidine rings is 2. The van der Waals surface area contributed by atoms with Gasteiger partial charge in [0.05, 0.1) is 55.1 Å². The summed E-state index contributed by atoms with van der Waals surface area (Å²) in [6.07, 6.45) is 2.52. The van der Waals surface area contributed by atoms with Gasteiger partial charge in [-0.2, -0.15) is 18.3 Å². The predicted octanol–water partition coefficient (Wildman–Crippen LogP) is 4.15. The minimum atomic E-state index is -4.45. The van der Waals surface area contributed by atoms with Crippen molar-refractivity contribution in [1.29, 1.82) is 0 Å². The number of imide groups is 2. The molecular weight excluding hydrogens is 896 g/mol. The van der Waals surface area contributed by atoms with Crippen LogP contribution in [0.5, 0.6) is 0 Å². The van der Waals surface area contributed by atoms with Crippen molar-refractivity contribution in [2.24, 2.45) is 5.73 Å². The molecule has 0 bridgehead atoms. The highest BCUT2D eigenvalue weighted by Crippen LogP contribution is 2.32. The zero-order valence-electron chi connectivity index (χ0n) is 36.3. The van der Waals surface area contributed by atoms with Crippen molar-refractivity contribution in [3.63, 3.8) is 0 Å². The van der Waals surface area contributed by atoms with Crippen molar-refractivity contribution in [2.75, 3.05) is 62.0 Å². The van der Waals surface area contributed by atoms with Crippen LogP contribution in [0.15, 0.2) is 77.7 Å². The summed E-state index contributed by atoms with van der Waals surface area (Å²) in [6, 6.07) is 14.1. The van der Waals surface area contributed by atoms with E-state index in [0.717, 1.165) is 42.5 Å². The Bertz CT molecular complexity index is 2710. The average molecular weight is 942 g/mol. The topological polar surface area (TPSA) is 258 Å². The number of carbonyl (C=O) groups is 6. The van der Waals surface area contributed by atoms with Gasteiger partial charge < -0.3 is 35.6 Å². The number of ether oxygens (including phenoxy) is 2. The van der Waals surface area contributed by atoms with E-state index in [4.69, 9.17) is 19.6 Å². The maximum absolute atomic E-state index is 13.4. The number of amides is 6. The number of nitrogens with two attached hydrogens (primary N) is 1. The van der Waals surface area contributed by atoms with Crippen LogP contribution in [-0.2, 0) is 25.7 Å². The smallest absolute Gasteiger partial charge is 0.405 e. The van der Waals surface area contributed by atoms with E-state index in [1.807, 2.05) is 12.1 Å². The molecular formula is C45H46F3N11O9. The quantitative estimate of drug-likeness (QED) is 0.0576. The molecule has 356 valence electrons. The summed E-state index contributed by atoms with van der Waals surface area (Å²) in [5.41, 5.74) is 7.78. The number of pyridine rings is 1. The summed E-state index contributed by atoms with van der Waals surface area (Å²) in [4.78, 5) is 87.3. The Labute approximate surface area is 385 Å². The molecule has 2 unspecified atom stereocenters. The second kappa shape index (κ2) is 20.6. The van der Waals surface area contributed by atoms with Crippen molar-refractivity contribution in [3.8, 4) is 17.1 Å². The lowest BCUT2D eigenvalue weighted by Gasteiger charge is -2.35. The van der Waals surface area contributed by atoms with Gasteiger partial charge in [0, 0.05) is 43.0 Å². The van der Waals surface area contributed by atoms with E-state index in [1.165, 1.54) is 29.2 Å². The number of halogens is 3. The summed E-state index contributed by atoms with van der Waals surface area (Å²) >= 11 is 0. The number of alkyl halides is 3. The van der Waals surface area contributed by atoms with E-state index >= 15 is 0 Å². The number of oxazole rings is 1. The van der Waals surface area contributed by atoms with E-state index in [-0.39, 0.29) is 64.4 Å². The highest BCUT2D eigenvalue weighted by atomic mass is 19.4. The molecule has 6 amide bonds. The summed E-state index contributed by atoms with van der Waals surface area (Å²) in [6.45, 7) is 2.32. The number of fused-ring (bicyclic) bond motifs is 1. The lowest BCUT2D eigenvalue weighted by atomic mass is 10.0. The number of carbonyl (C=O) groups excluding carboxylic acids is 6. The normalized spacial score (nSPS) is 17.5. The van der Waals surface area contributed by atoms with E-state index < -0.39 is 54.2 Å². The van der Waals surface area contributed by atoms with Gasteiger partial charge in [-0.05, 0) is 67.8 Å². The Morgan fingerprint density at radius 2 is 1.78 bits per heavy atom. The monoisotopic (exact) mass is 941 g/mol. The number of likely N-dealkylation sites (tertiary alicyclic amines) is 1. The number of aromatic nitrogens is 4. The molecule has 0 spiro atoms. The Morgan fingerprint density at radius 3 is 2.56 bits per heavy atom. The lowest BCUT2D eigenvalue weighted by molar-refractivity contribution is -0.136. The minimum Gasteiger partial charge on any atom is -0.444 e. The number of nitrogens with one attached hydrogen (secondary N) is 4. The lowest BCUT2D eigenvalue weighted by Crippen LogP contribution is -2.54. The van der Waals surface area contributed by atoms with Crippen LogP contribution in [0.4, 0.5) is 30.4 Å². The van der Waals surface area contributed by atoms with Crippen LogP contribution >= 0.6 is 0 Å². The second-order valence-electron chi connectivity index (χ2n) is 16.2. The Balaban J connectivity index is 0.782. The summed E-state index contributed by atoms with van der Waals surface area (Å²) < 4.78 is 56.8. The number of nitrogens with zero attached hydrogens (tertiary/aromatic N) is 6. The predicted molar refractivity (Wildman–Crippen MR) is 236 cm³/mol. The van der Waals surface area contributed by atoms with Crippen LogP contribution in [0.3, 0.4) is 0 Å². The molecule has 3 aliphatic rings. The molecule has 0 radical (unpaired) electrons. The molecule has 2 atom stereocenters. The van der Waals surface area contributed by atoms with Gasteiger partial charge in [-0.1, -0.05) is 24.6 Å². The Hall–Kier alpha value is -7.50. The fourth-order valence-corrected chi connectivity index (χ4v) is 8.13. The van der Waals surface area contributed by atoms with E-state index in [2.05, 4.69) is 41.2 Å². The van der Waals surface area contributed by atoms with E-state index in [0.29, 0.717) is 50.9 Å². The van der Waals surface area contributed by atoms with Crippen molar-refractivity contribution < 1.29 is 55.8 Å². The third kappa shape index (κ3) is 11.0. The van der Waals surface area contributed by atoms with Gasteiger partial charge in [-0.3, -0.25) is 43.9 Å². The fourth-order valence-electron chi connectivity index (χ4n) is 8.13. The van der Waals surface area contributed by atoms with Crippen LogP contribution in [0.25, 0.3) is 17.1 Å². The van der Waals surface area contributed by atoms with Crippen molar-refractivity contribution in [2.45, 2.75) is 57.0 Å². The Kier molecular flexibility index (Phi) is 14.2. The first-order valence-electron chi connectivity index (χ1n) is 21.7. The van der Waals surface area contributed by atoms with E-state index in [9.17, 15) is 41.9 Å². The molecule has 5 aromatic rings. The van der Waals surface area contributed by atoms with Gasteiger partial charge in [0.2, 0.25) is 17.7 Å². The van der Waals surface area contributed by atoms with Crippen molar-refractivity contribution >= 4 is 52.6 Å². The first-order valence-corrected chi connectivity index (χ1v) is 21.7. The fraction of sp³-hybridized carbons (Fsp3) is 0.356. The average Bonchev–Trinajstić information content (AvgIpc) is 4.05. The number of hydrogen-bond acceptors (Lipinski definition) is 15. The van der Waals surface area contributed by atoms with Crippen LogP contribution in [-0.4, -0.2) is 129 Å². The van der Waals surface area contributed by atoms with Crippen LogP contribution in [0.2, 0.25) is 0 Å². The molecule has 6 N–H and O–H groups in total. The summed E-state index contributed by atoms with van der Waals surface area (Å²) in [7, 11) is 0. The van der Waals surface area contributed by atoms with Crippen molar-refractivity contribution in [1.82, 2.24) is 34.9 Å². The molecule has 68 heavy (non-hydrogen) atoms. The van der Waals surface area contributed by atoms with Crippen molar-refractivity contribution in [3.05, 3.63) is 101 Å². The number of benzene rings is 2. The van der Waals surface area contributed by atoms with Gasteiger partial charge >= 0.3 is 6.18 Å². The largest absolute Gasteiger partial charge is 0.444 e. The van der Waals surface area contributed by atoms with Gasteiger partial charge in [-0.25, -0.2) is 14.6 Å². The second-order valence-corrected chi connectivity index (χ2v) is 16.2. The third-order valence-corrected chi connectivity index (χ3v) is 11.5. The Morgan fingerprint density at radius 1 is 0.956 bits per heavy atom. The molecule has 0 saturated carbocycles. The minimum absolute atomic E-state index is 0.00852. The molecule has 2 fully saturated rings. The molecule has 23 heteroatoms. The SMILES string of the molecule is NC(=O)c1nn(-c2ccc(COCC3CCCCN3CCOCCNc3cccc4c3C(=O)N(C3CCC(=O)NC3=O)C4=O)cc2)cc1NC(=O)c1coc(-c2ccnc(NCC(F)(F)F)c2)n1. The zero-order chi connectivity index (χ0) is 48.0. The number of rotatable bonds is 19. The molecule has 20 nitrogen and oxygen atoms in total. The standard InChI is InChI=1S/C45H46F3N11O9/c46-45(47,48)25-52-35-20-27(13-14-51-35)42-54-33(24-68-42)40(62)53-32-21-58(56-38(32)39(49)61)28-9-7-26(8-10-28)22-67-23-29-4-1-2-16-57(29)17-19-66-18-15-50-31-6-3-5-30-37(31)44(65)59(43(30)64)34-11-12-36(60)55-41(34)63/h3,5-10,13-14,20-21,24,29,34,50H,1-2,4,11-12,15-19,22-23,25H2,(H2,49,61)(H,51,52)(H,53,62)(H,55,60,63). The maximum Gasteiger partial charge on any atom is 0.405 e. The number of anilines is 3. The van der Waals surface area contributed by atoms with Gasteiger partial charge in [0.1, 0.15) is 24.7 Å². The van der Waals surface area contributed by atoms with Gasteiger partial charge in [0.15, 0.2) is 11.4 Å². The molecule has 0 aliphatic carbocycles. The molecule has 2 saturated heterocycles. The molecule has 3 aliphatic heterocycles. The highest BCUT2D eigenvalue weighted by molar-refractivity contribution is 6.25. The highest BCUT2D eigenvalue weighted by Gasteiger charge is 2.45. The molecule has 8 rings (SSSR count). The van der Waals surface area contributed by atoms with Gasteiger partial charge in [0.25, 0.3) is 23.6 Å². The van der Waals surface area contributed by atoms with Gasteiger partial charge in [-0.15, -0.1) is 0 Å². The molecule has 6 heterocycles. The number of hydrogen-bond donors (Lipinski definition) is 5. The molecule has 3 aromatic heterocycles. The molecule has 2 aromatic carbocycles. The third-order valence-electron chi connectivity index (χ3n) is 11.5. The summed E-state index contributed by atoms with van der Waals surface area (Å²) in [5.74, 6) is -4.02. The maximum atomic E-state index is 13.4.